The fraction of sp³-hybridized carbons (Fsp3) is 0.188. The number of amides is 1. The van der Waals surface area contributed by atoms with Crippen molar-refractivity contribution in [2.75, 3.05) is 7.11 Å². The van der Waals surface area contributed by atoms with Gasteiger partial charge in [-0.05, 0) is 31.2 Å². The molecule has 0 saturated carbocycles. The fourth-order valence-electron chi connectivity index (χ4n) is 2.02. The molecule has 0 aliphatic carbocycles. The van der Waals surface area contributed by atoms with Crippen molar-refractivity contribution in [3.63, 3.8) is 0 Å². The number of methoxy groups -OCH3 is 1. The molecule has 1 aromatic carbocycles. The lowest BCUT2D eigenvalue weighted by Crippen LogP contribution is -2.23. The maximum atomic E-state index is 11.9. The smallest absolute Gasteiger partial charge is 0.271 e. The van der Waals surface area contributed by atoms with Gasteiger partial charge in [-0.2, -0.15) is 0 Å². The van der Waals surface area contributed by atoms with Gasteiger partial charge in [0.2, 0.25) is 0 Å². The van der Waals surface area contributed by atoms with Crippen molar-refractivity contribution >= 4 is 17.2 Å². The zero-order chi connectivity index (χ0) is 16.2. The van der Waals surface area contributed by atoms with Gasteiger partial charge in [-0.15, -0.1) is 11.3 Å². The second-order valence-corrected chi connectivity index (χ2v) is 5.91. The number of nitrogens with one attached hydrogen (secondary N) is 1. The van der Waals surface area contributed by atoms with E-state index in [1.807, 2.05) is 31.2 Å². The second-order valence-electron chi connectivity index (χ2n) is 4.85. The Balaban J connectivity index is 1.63. The van der Waals surface area contributed by atoms with Gasteiger partial charge in [-0.25, -0.2) is 4.98 Å². The molecule has 2 aromatic heterocycles. The summed E-state index contributed by atoms with van der Waals surface area (Å²) in [6, 6.07) is 9.28. The van der Waals surface area contributed by atoms with E-state index in [0.29, 0.717) is 17.1 Å². The molecule has 6 nitrogen and oxygen atoms in total. The third kappa shape index (κ3) is 3.57. The molecule has 0 radical (unpaired) electrons. The van der Waals surface area contributed by atoms with E-state index in [1.54, 1.807) is 18.6 Å². The molecule has 0 bridgehead atoms. The van der Waals surface area contributed by atoms with Crippen molar-refractivity contribution in [1.82, 2.24) is 15.5 Å². The van der Waals surface area contributed by atoms with Crippen molar-refractivity contribution in [3.05, 3.63) is 52.1 Å². The highest BCUT2D eigenvalue weighted by Crippen LogP contribution is 2.23. The van der Waals surface area contributed by atoms with Crippen molar-refractivity contribution in [2.24, 2.45) is 0 Å². The highest BCUT2D eigenvalue weighted by atomic mass is 32.1. The summed E-state index contributed by atoms with van der Waals surface area (Å²) in [5.74, 6) is 1.20. The summed E-state index contributed by atoms with van der Waals surface area (Å²) in [4.78, 5) is 16.1. The fourth-order valence-corrected chi connectivity index (χ4v) is 2.61. The topological polar surface area (TPSA) is 77.2 Å². The number of carbonyl (C=O) groups excluding carboxylic acids is 1. The highest BCUT2D eigenvalue weighted by Gasteiger charge is 2.11. The number of ether oxygens (including phenoxy) is 1. The molecule has 0 atom stereocenters. The lowest BCUT2D eigenvalue weighted by atomic mass is 10.1. The van der Waals surface area contributed by atoms with Crippen LogP contribution in [0.1, 0.15) is 21.2 Å². The van der Waals surface area contributed by atoms with Crippen molar-refractivity contribution in [2.45, 2.75) is 13.5 Å². The van der Waals surface area contributed by atoms with Gasteiger partial charge in [0, 0.05) is 17.0 Å². The number of aryl methyl sites for hydroxylation is 1. The molecule has 23 heavy (non-hydrogen) atoms. The molecule has 0 spiro atoms. The van der Waals surface area contributed by atoms with Crippen LogP contribution < -0.4 is 10.1 Å². The van der Waals surface area contributed by atoms with Gasteiger partial charge in [-0.3, -0.25) is 4.79 Å². The Kier molecular flexibility index (Phi) is 4.38. The number of aromatic nitrogens is 2. The second kappa shape index (κ2) is 6.62. The molecule has 0 fully saturated rings. The van der Waals surface area contributed by atoms with E-state index in [1.165, 1.54) is 11.3 Å². The molecule has 2 heterocycles. The van der Waals surface area contributed by atoms with Crippen LogP contribution >= 0.6 is 11.3 Å². The van der Waals surface area contributed by atoms with Crippen LogP contribution in [0.4, 0.5) is 0 Å². The van der Waals surface area contributed by atoms with Gasteiger partial charge in [0.15, 0.2) is 5.76 Å². The normalized spacial score (nSPS) is 10.5. The van der Waals surface area contributed by atoms with Crippen LogP contribution in [-0.4, -0.2) is 23.2 Å². The summed E-state index contributed by atoms with van der Waals surface area (Å²) in [7, 11) is 1.62. The third-order valence-electron chi connectivity index (χ3n) is 3.22. The summed E-state index contributed by atoms with van der Waals surface area (Å²) in [5, 5.41) is 9.33. The quantitative estimate of drug-likeness (QED) is 0.778. The third-order valence-corrected chi connectivity index (χ3v) is 3.99. The van der Waals surface area contributed by atoms with Gasteiger partial charge in [0.1, 0.15) is 17.1 Å². The largest absolute Gasteiger partial charge is 0.497 e. The van der Waals surface area contributed by atoms with E-state index in [-0.39, 0.29) is 12.5 Å². The van der Waals surface area contributed by atoms with Crippen LogP contribution in [0.5, 0.6) is 5.75 Å². The van der Waals surface area contributed by atoms with Gasteiger partial charge >= 0.3 is 0 Å². The van der Waals surface area contributed by atoms with Crippen molar-refractivity contribution in [3.8, 4) is 17.1 Å². The molecular formula is C16H15N3O3S. The SMILES string of the molecule is COc1ccc(-c2cc(CNC(=O)c3csc(C)n3)no2)cc1. The van der Waals surface area contributed by atoms with Crippen LogP contribution in [0.15, 0.2) is 40.2 Å². The van der Waals surface area contributed by atoms with Crippen LogP contribution in [-0.2, 0) is 6.54 Å². The first kappa shape index (κ1) is 15.2. The number of carbonyl (C=O) groups is 1. The van der Waals surface area contributed by atoms with E-state index in [2.05, 4.69) is 15.5 Å². The Bertz CT molecular complexity index is 808. The Labute approximate surface area is 137 Å². The lowest BCUT2D eigenvalue weighted by Gasteiger charge is -1.99. The molecule has 1 N–H and O–H groups in total. The minimum Gasteiger partial charge on any atom is -0.497 e. The maximum absolute atomic E-state index is 11.9. The average molecular weight is 329 g/mol. The summed E-state index contributed by atoms with van der Waals surface area (Å²) in [6.45, 7) is 2.15. The summed E-state index contributed by atoms with van der Waals surface area (Å²) < 4.78 is 10.4. The molecular weight excluding hydrogens is 314 g/mol. The predicted molar refractivity (Wildman–Crippen MR) is 86.5 cm³/mol. The molecule has 3 aromatic rings. The Morgan fingerprint density at radius 1 is 1.35 bits per heavy atom. The van der Waals surface area contributed by atoms with Gasteiger partial charge in [-0.1, -0.05) is 5.16 Å². The Hall–Kier alpha value is -2.67. The van der Waals surface area contributed by atoms with Crippen LogP contribution in [0.3, 0.4) is 0 Å². The summed E-state index contributed by atoms with van der Waals surface area (Å²) >= 11 is 1.44. The molecule has 0 aliphatic rings. The summed E-state index contributed by atoms with van der Waals surface area (Å²) in [6.07, 6.45) is 0. The van der Waals surface area contributed by atoms with Crippen molar-refractivity contribution in [1.29, 1.82) is 0 Å². The average Bonchev–Trinajstić information content (AvgIpc) is 3.22. The minimum absolute atomic E-state index is 0.219. The van der Waals surface area contributed by atoms with Gasteiger partial charge in [0.05, 0.1) is 18.7 Å². The first-order valence-electron chi connectivity index (χ1n) is 6.96. The summed E-state index contributed by atoms with van der Waals surface area (Å²) in [5.41, 5.74) is 1.97. The molecule has 7 heteroatoms. The van der Waals surface area contributed by atoms with E-state index in [4.69, 9.17) is 9.26 Å². The van der Waals surface area contributed by atoms with Crippen LogP contribution in [0.2, 0.25) is 0 Å². The highest BCUT2D eigenvalue weighted by molar-refractivity contribution is 7.09. The molecule has 3 rings (SSSR count). The molecule has 0 aliphatic heterocycles. The van der Waals surface area contributed by atoms with E-state index in [0.717, 1.165) is 16.3 Å². The number of nitrogens with zero attached hydrogens (tertiary/aromatic N) is 2. The maximum Gasteiger partial charge on any atom is 0.271 e. The molecule has 0 unspecified atom stereocenters. The van der Waals surface area contributed by atoms with E-state index >= 15 is 0 Å². The van der Waals surface area contributed by atoms with Crippen LogP contribution in [0, 0.1) is 6.92 Å². The van der Waals surface area contributed by atoms with Crippen molar-refractivity contribution < 1.29 is 14.1 Å². The standard InChI is InChI=1S/C16H15N3O3S/c1-10-18-14(9-23-10)16(20)17-8-12-7-15(22-19-12)11-3-5-13(21-2)6-4-11/h3-7,9H,8H2,1-2H3,(H,17,20). The lowest BCUT2D eigenvalue weighted by molar-refractivity contribution is 0.0945. The van der Waals surface area contributed by atoms with Gasteiger partial charge in [0.25, 0.3) is 5.91 Å². The monoisotopic (exact) mass is 329 g/mol. The molecule has 0 saturated heterocycles. The van der Waals surface area contributed by atoms with E-state index < -0.39 is 0 Å². The first-order chi connectivity index (χ1) is 11.2. The van der Waals surface area contributed by atoms with E-state index in [9.17, 15) is 4.79 Å². The Morgan fingerprint density at radius 2 is 2.13 bits per heavy atom. The molecule has 118 valence electrons. The Morgan fingerprint density at radius 3 is 2.78 bits per heavy atom. The van der Waals surface area contributed by atoms with Gasteiger partial charge < -0.3 is 14.6 Å². The molecule has 1 amide bonds. The number of hydrogen-bond donors (Lipinski definition) is 1. The minimum atomic E-state index is -0.219. The zero-order valence-corrected chi connectivity index (χ0v) is 13.5. The first-order valence-corrected chi connectivity index (χ1v) is 7.84. The predicted octanol–water partition coefficient (Wildman–Crippen LogP) is 3.05. The number of hydrogen-bond acceptors (Lipinski definition) is 6. The van der Waals surface area contributed by atoms with Crippen LogP contribution in [0.25, 0.3) is 11.3 Å². The zero-order valence-electron chi connectivity index (χ0n) is 12.7. The number of benzene rings is 1. The number of rotatable bonds is 5. The number of thiazole rings is 1.